The summed E-state index contributed by atoms with van der Waals surface area (Å²) in [5.41, 5.74) is 0. The zero-order valence-electron chi connectivity index (χ0n) is 13.5. The Morgan fingerprint density at radius 2 is 1.79 bits per heavy atom. The molecule has 2 fully saturated rings. The topological polar surface area (TPSA) is 12.0 Å². The molecule has 0 aromatic rings. The molecular weight excluding hydrogens is 230 g/mol. The van der Waals surface area contributed by atoms with Gasteiger partial charge in [-0.1, -0.05) is 52.9 Å². The second kappa shape index (κ2) is 7.67. The van der Waals surface area contributed by atoms with Gasteiger partial charge >= 0.3 is 0 Å². The standard InChI is InChI=1S/C18H35N/c1-14(2)17-11-10-15(3)13-18(17)19-12-6-9-16-7-4-5-8-16/h14-19H,4-13H2,1-3H3. The van der Waals surface area contributed by atoms with Crippen molar-refractivity contribution in [1.29, 1.82) is 0 Å². The van der Waals surface area contributed by atoms with E-state index in [1.54, 1.807) is 0 Å². The third kappa shape index (κ3) is 4.77. The van der Waals surface area contributed by atoms with Gasteiger partial charge < -0.3 is 5.32 Å². The van der Waals surface area contributed by atoms with Gasteiger partial charge in [0.2, 0.25) is 0 Å². The van der Waals surface area contributed by atoms with Gasteiger partial charge in [0.25, 0.3) is 0 Å². The maximum Gasteiger partial charge on any atom is 0.0100 e. The first kappa shape index (κ1) is 15.4. The molecule has 1 nitrogen and oxygen atoms in total. The number of nitrogens with one attached hydrogen (secondary N) is 1. The van der Waals surface area contributed by atoms with E-state index >= 15 is 0 Å². The van der Waals surface area contributed by atoms with Crippen LogP contribution in [0.5, 0.6) is 0 Å². The van der Waals surface area contributed by atoms with Gasteiger partial charge in [-0.05, 0) is 55.9 Å². The number of hydrogen-bond donors (Lipinski definition) is 1. The second-order valence-electron chi connectivity index (χ2n) is 7.68. The van der Waals surface area contributed by atoms with Crippen LogP contribution in [0.2, 0.25) is 0 Å². The minimum absolute atomic E-state index is 0.798. The Hall–Kier alpha value is -0.0400. The summed E-state index contributed by atoms with van der Waals surface area (Å²) in [6, 6.07) is 0.798. The van der Waals surface area contributed by atoms with E-state index in [9.17, 15) is 0 Å². The van der Waals surface area contributed by atoms with Gasteiger partial charge in [-0.25, -0.2) is 0 Å². The highest BCUT2D eigenvalue weighted by Gasteiger charge is 2.30. The highest BCUT2D eigenvalue weighted by molar-refractivity contribution is 4.85. The lowest BCUT2D eigenvalue weighted by Crippen LogP contribution is -2.43. The normalized spacial score (nSPS) is 33.2. The Morgan fingerprint density at radius 1 is 1.05 bits per heavy atom. The van der Waals surface area contributed by atoms with E-state index in [-0.39, 0.29) is 0 Å². The zero-order valence-corrected chi connectivity index (χ0v) is 13.5. The molecule has 3 atom stereocenters. The lowest BCUT2D eigenvalue weighted by molar-refractivity contribution is 0.169. The summed E-state index contributed by atoms with van der Waals surface area (Å²) in [6.07, 6.45) is 13.2. The van der Waals surface area contributed by atoms with Crippen molar-refractivity contribution in [3.63, 3.8) is 0 Å². The first-order valence-corrected chi connectivity index (χ1v) is 8.90. The third-order valence-electron chi connectivity index (χ3n) is 5.69. The van der Waals surface area contributed by atoms with Crippen LogP contribution in [0.4, 0.5) is 0 Å². The van der Waals surface area contributed by atoms with Crippen LogP contribution in [-0.2, 0) is 0 Å². The van der Waals surface area contributed by atoms with Gasteiger partial charge in [-0.3, -0.25) is 0 Å². The molecule has 0 amide bonds. The van der Waals surface area contributed by atoms with Crippen LogP contribution in [0.3, 0.4) is 0 Å². The van der Waals surface area contributed by atoms with Crippen molar-refractivity contribution in [1.82, 2.24) is 5.32 Å². The fourth-order valence-corrected chi connectivity index (χ4v) is 4.41. The first-order chi connectivity index (χ1) is 9.16. The molecule has 19 heavy (non-hydrogen) atoms. The van der Waals surface area contributed by atoms with Crippen molar-refractivity contribution < 1.29 is 0 Å². The van der Waals surface area contributed by atoms with Crippen LogP contribution in [0.1, 0.15) is 78.6 Å². The van der Waals surface area contributed by atoms with Crippen molar-refractivity contribution in [3.8, 4) is 0 Å². The van der Waals surface area contributed by atoms with Gasteiger partial charge in [0.1, 0.15) is 0 Å². The summed E-state index contributed by atoms with van der Waals surface area (Å²) >= 11 is 0. The lowest BCUT2D eigenvalue weighted by Gasteiger charge is -2.38. The molecule has 3 unspecified atom stereocenters. The molecule has 2 aliphatic rings. The summed E-state index contributed by atoms with van der Waals surface area (Å²) in [5.74, 6) is 3.76. The predicted octanol–water partition coefficient (Wildman–Crippen LogP) is 5.01. The monoisotopic (exact) mass is 265 g/mol. The molecule has 0 radical (unpaired) electrons. The fraction of sp³-hybridized carbons (Fsp3) is 1.00. The SMILES string of the molecule is CC1CCC(C(C)C)C(NCCCC2CCCC2)C1. The minimum Gasteiger partial charge on any atom is -0.314 e. The molecular formula is C18H35N. The summed E-state index contributed by atoms with van der Waals surface area (Å²) in [4.78, 5) is 0. The quantitative estimate of drug-likeness (QED) is 0.666. The number of rotatable bonds is 6. The maximum atomic E-state index is 3.91. The molecule has 112 valence electrons. The molecule has 1 N–H and O–H groups in total. The largest absolute Gasteiger partial charge is 0.314 e. The van der Waals surface area contributed by atoms with E-state index < -0.39 is 0 Å². The summed E-state index contributed by atoms with van der Waals surface area (Å²) in [5, 5.41) is 3.91. The molecule has 2 rings (SSSR count). The molecule has 0 bridgehead atoms. The highest BCUT2D eigenvalue weighted by atomic mass is 14.9. The van der Waals surface area contributed by atoms with Crippen molar-refractivity contribution in [2.45, 2.75) is 84.6 Å². The zero-order chi connectivity index (χ0) is 13.7. The van der Waals surface area contributed by atoms with Crippen molar-refractivity contribution in [3.05, 3.63) is 0 Å². The maximum absolute atomic E-state index is 3.91. The molecule has 2 saturated carbocycles. The van der Waals surface area contributed by atoms with Crippen LogP contribution in [0.25, 0.3) is 0 Å². The molecule has 0 spiro atoms. The van der Waals surface area contributed by atoms with E-state index in [1.165, 1.54) is 64.3 Å². The number of hydrogen-bond acceptors (Lipinski definition) is 1. The van der Waals surface area contributed by atoms with E-state index in [2.05, 4.69) is 26.1 Å². The van der Waals surface area contributed by atoms with Crippen LogP contribution >= 0.6 is 0 Å². The van der Waals surface area contributed by atoms with Crippen LogP contribution < -0.4 is 5.32 Å². The van der Waals surface area contributed by atoms with Gasteiger partial charge in [0.15, 0.2) is 0 Å². The first-order valence-electron chi connectivity index (χ1n) is 8.90. The smallest absolute Gasteiger partial charge is 0.0100 e. The van der Waals surface area contributed by atoms with E-state index in [0.717, 1.165) is 29.7 Å². The van der Waals surface area contributed by atoms with Gasteiger partial charge in [-0.2, -0.15) is 0 Å². The average molecular weight is 265 g/mol. The van der Waals surface area contributed by atoms with Crippen LogP contribution in [-0.4, -0.2) is 12.6 Å². The minimum atomic E-state index is 0.798. The molecule has 0 heterocycles. The van der Waals surface area contributed by atoms with Gasteiger partial charge in [0, 0.05) is 6.04 Å². The Balaban J connectivity index is 1.66. The van der Waals surface area contributed by atoms with Crippen molar-refractivity contribution in [2.24, 2.45) is 23.7 Å². The Morgan fingerprint density at radius 3 is 2.47 bits per heavy atom. The van der Waals surface area contributed by atoms with E-state index in [0.29, 0.717) is 0 Å². The fourth-order valence-electron chi connectivity index (χ4n) is 4.41. The Bertz CT molecular complexity index is 242. The van der Waals surface area contributed by atoms with Crippen molar-refractivity contribution >= 4 is 0 Å². The summed E-state index contributed by atoms with van der Waals surface area (Å²) in [7, 11) is 0. The van der Waals surface area contributed by atoms with Gasteiger partial charge in [-0.15, -0.1) is 0 Å². The average Bonchev–Trinajstić information content (AvgIpc) is 2.87. The third-order valence-corrected chi connectivity index (χ3v) is 5.69. The second-order valence-corrected chi connectivity index (χ2v) is 7.68. The molecule has 1 heteroatoms. The summed E-state index contributed by atoms with van der Waals surface area (Å²) < 4.78 is 0. The molecule has 0 saturated heterocycles. The predicted molar refractivity (Wildman–Crippen MR) is 84.3 cm³/mol. The molecule has 0 aromatic carbocycles. The molecule has 0 aliphatic heterocycles. The van der Waals surface area contributed by atoms with Gasteiger partial charge in [0.05, 0.1) is 0 Å². The van der Waals surface area contributed by atoms with Crippen molar-refractivity contribution in [2.75, 3.05) is 6.54 Å². The van der Waals surface area contributed by atoms with E-state index in [4.69, 9.17) is 0 Å². The molecule has 0 aromatic heterocycles. The van der Waals surface area contributed by atoms with Crippen LogP contribution in [0.15, 0.2) is 0 Å². The Labute approximate surface area is 120 Å². The Kier molecular flexibility index (Phi) is 6.19. The molecule has 2 aliphatic carbocycles. The lowest BCUT2D eigenvalue weighted by atomic mass is 9.74. The summed E-state index contributed by atoms with van der Waals surface area (Å²) in [6.45, 7) is 8.52. The van der Waals surface area contributed by atoms with E-state index in [1.807, 2.05) is 0 Å². The highest BCUT2D eigenvalue weighted by Crippen LogP contribution is 2.33. The van der Waals surface area contributed by atoms with Crippen LogP contribution in [0, 0.1) is 23.7 Å².